The molecule has 2 heteroatoms. The zero-order valence-electron chi connectivity index (χ0n) is 12.3. The van der Waals surface area contributed by atoms with Crippen LogP contribution in [-0.4, -0.2) is 30.6 Å². The summed E-state index contributed by atoms with van der Waals surface area (Å²) in [6.45, 7) is 5.75. The molecule has 2 N–H and O–H groups in total. The van der Waals surface area contributed by atoms with E-state index in [1.54, 1.807) is 0 Å². The van der Waals surface area contributed by atoms with E-state index in [2.05, 4.69) is 11.8 Å². The predicted molar refractivity (Wildman–Crippen MR) is 78.7 cm³/mol. The van der Waals surface area contributed by atoms with Crippen molar-refractivity contribution in [3.8, 4) is 0 Å². The topological polar surface area (TPSA) is 29.3 Å². The molecule has 0 aromatic heterocycles. The van der Waals surface area contributed by atoms with Gasteiger partial charge in [0.15, 0.2) is 0 Å². The second-order valence-electron chi connectivity index (χ2n) is 6.63. The molecule has 1 aliphatic carbocycles. The number of likely N-dealkylation sites (tertiary alicyclic amines) is 1. The van der Waals surface area contributed by atoms with Crippen LogP contribution in [0.25, 0.3) is 0 Å². The second kappa shape index (κ2) is 6.91. The van der Waals surface area contributed by atoms with Crippen molar-refractivity contribution in [1.82, 2.24) is 4.90 Å². The number of unbranched alkanes of at least 4 members (excludes halogenated alkanes) is 1. The van der Waals surface area contributed by atoms with Crippen LogP contribution in [0.1, 0.15) is 71.1 Å². The first kappa shape index (κ1) is 14.3. The lowest BCUT2D eigenvalue weighted by Crippen LogP contribution is -2.48. The van der Waals surface area contributed by atoms with Crippen molar-refractivity contribution in [2.75, 3.05) is 19.6 Å². The number of nitrogens with two attached hydrogens (primary N) is 1. The van der Waals surface area contributed by atoms with Crippen molar-refractivity contribution in [3.63, 3.8) is 0 Å². The van der Waals surface area contributed by atoms with E-state index in [9.17, 15) is 0 Å². The summed E-state index contributed by atoms with van der Waals surface area (Å²) in [5.41, 5.74) is 6.71. The molecule has 106 valence electrons. The zero-order valence-corrected chi connectivity index (χ0v) is 12.3. The highest BCUT2D eigenvalue weighted by molar-refractivity contribution is 4.90. The van der Waals surface area contributed by atoms with E-state index in [0.29, 0.717) is 6.04 Å². The van der Waals surface area contributed by atoms with Gasteiger partial charge in [0.2, 0.25) is 0 Å². The Kier molecular flexibility index (Phi) is 5.50. The Morgan fingerprint density at radius 1 is 1.06 bits per heavy atom. The fourth-order valence-electron chi connectivity index (χ4n) is 4.05. The van der Waals surface area contributed by atoms with Gasteiger partial charge in [-0.3, -0.25) is 4.90 Å². The summed E-state index contributed by atoms with van der Waals surface area (Å²) in [5, 5.41) is 0. The average molecular weight is 252 g/mol. The molecule has 1 atom stereocenters. The van der Waals surface area contributed by atoms with E-state index < -0.39 is 0 Å². The van der Waals surface area contributed by atoms with Crippen LogP contribution in [0.5, 0.6) is 0 Å². The van der Waals surface area contributed by atoms with Gasteiger partial charge in [0, 0.05) is 12.6 Å². The molecule has 1 aliphatic heterocycles. The molecule has 0 aromatic rings. The van der Waals surface area contributed by atoms with Crippen LogP contribution in [0.2, 0.25) is 0 Å². The maximum atomic E-state index is 5.97. The third kappa shape index (κ3) is 3.48. The van der Waals surface area contributed by atoms with E-state index in [-0.39, 0.29) is 0 Å². The lowest BCUT2D eigenvalue weighted by molar-refractivity contribution is 0.0442. The molecule has 1 unspecified atom stereocenters. The van der Waals surface area contributed by atoms with Crippen molar-refractivity contribution < 1.29 is 0 Å². The van der Waals surface area contributed by atoms with Gasteiger partial charge in [-0.2, -0.15) is 0 Å². The lowest BCUT2D eigenvalue weighted by Gasteiger charge is -2.46. The summed E-state index contributed by atoms with van der Waals surface area (Å²) < 4.78 is 0. The highest BCUT2D eigenvalue weighted by Crippen LogP contribution is 2.44. The molecule has 0 bridgehead atoms. The fourth-order valence-corrected chi connectivity index (χ4v) is 4.05. The summed E-state index contributed by atoms with van der Waals surface area (Å²) in [6, 6.07) is 0.658. The standard InChI is InChI=1S/C16H32N2/c1-2-3-7-15(14-17)18-12-10-16(11-13-18)8-5-4-6-9-16/h15H,2-14,17H2,1H3. The van der Waals surface area contributed by atoms with E-state index in [1.807, 2.05) is 0 Å². The first-order valence-electron chi connectivity index (χ1n) is 8.24. The Labute approximate surface area is 113 Å². The summed E-state index contributed by atoms with van der Waals surface area (Å²) in [7, 11) is 0. The quantitative estimate of drug-likeness (QED) is 0.811. The van der Waals surface area contributed by atoms with Gasteiger partial charge in [-0.25, -0.2) is 0 Å². The largest absolute Gasteiger partial charge is 0.329 e. The van der Waals surface area contributed by atoms with E-state index in [1.165, 1.54) is 77.3 Å². The van der Waals surface area contributed by atoms with Gasteiger partial charge in [-0.05, 0) is 50.6 Å². The van der Waals surface area contributed by atoms with Crippen LogP contribution in [0, 0.1) is 5.41 Å². The molecule has 2 aliphatic rings. The average Bonchev–Trinajstić information content (AvgIpc) is 2.43. The minimum absolute atomic E-state index is 0.658. The van der Waals surface area contributed by atoms with Gasteiger partial charge in [0.05, 0.1) is 0 Å². The van der Waals surface area contributed by atoms with Crippen LogP contribution < -0.4 is 5.73 Å². The highest BCUT2D eigenvalue weighted by Gasteiger charge is 2.36. The Bertz CT molecular complexity index is 223. The van der Waals surface area contributed by atoms with Crippen molar-refractivity contribution in [2.45, 2.75) is 77.2 Å². The highest BCUT2D eigenvalue weighted by atomic mass is 15.2. The Morgan fingerprint density at radius 2 is 1.72 bits per heavy atom. The maximum absolute atomic E-state index is 5.97. The fraction of sp³-hybridized carbons (Fsp3) is 1.00. The van der Waals surface area contributed by atoms with Gasteiger partial charge >= 0.3 is 0 Å². The third-order valence-electron chi connectivity index (χ3n) is 5.45. The van der Waals surface area contributed by atoms with Crippen LogP contribution in [0.15, 0.2) is 0 Å². The van der Waals surface area contributed by atoms with Gasteiger partial charge < -0.3 is 5.73 Å². The van der Waals surface area contributed by atoms with Gasteiger partial charge in [0.1, 0.15) is 0 Å². The van der Waals surface area contributed by atoms with Crippen molar-refractivity contribution in [2.24, 2.45) is 11.1 Å². The van der Waals surface area contributed by atoms with Gasteiger partial charge in [-0.15, -0.1) is 0 Å². The van der Waals surface area contributed by atoms with Crippen molar-refractivity contribution in [3.05, 3.63) is 0 Å². The van der Waals surface area contributed by atoms with Crippen LogP contribution in [0.3, 0.4) is 0 Å². The molecule has 2 nitrogen and oxygen atoms in total. The van der Waals surface area contributed by atoms with Crippen LogP contribution >= 0.6 is 0 Å². The van der Waals surface area contributed by atoms with E-state index >= 15 is 0 Å². The molecule has 18 heavy (non-hydrogen) atoms. The molecular formula is C16H32N2. The van der Waals surface area contributed by atoms with Gasteiger partial charge in [0.25, 0.3) is 0 Å². The monoisotopic (exact) mass is 252 g/mol. The molecule has 2 rings (SSSR count). The SMILES string of the molecule is CCCCC(CN)N1CCC2(CCCCC2)CC1. The zero-order chi connectivity index (χ0) is 12.8. The molecule has 1 spiro atoms. The van der Waals surface area contributed by atoms with Crippen molar-refractivity contribution >= 4 is 0 Å². The minimum atomic E-state index is 0.658. The third-order valence-corrected chi connectivity index (χ3v) is 5.45. The van der Waals surface area contributed by atoms with E-state index in [4.69, 9.17) is 5.73 Å². The molecule has 0 radical (unpaired) electrons. The van der Waals surface area contributed by atoms with E-state index in [0.717, 1.165) is 12.0 Å². The maximum Gasteiger partial charge on any atom is 0.0218 e. The second-order valence-corrected chi connectivity index (χ2v) is 6.63. The number of rotatable bonds is 5. The number of piperidine rings is 1. The van der Waals surface area contributed by atoms with Gasteiger partial charge in [-0.1, -0.05) is 39.0 Å². The van der Waals surface area contributed by atoms with Crippen LogP contribution in [0.4, 0.5) is 0 Å². The normalized spacial score (nSPS) is 26.3. The lowest BCUT2D eigenvalue weighted by atomic mass is 9.68. The molecular weight excluding hydrogens is 220 g/mol. The number of hydrogen-bond donors (Lipinski definition) is 1. The predicted octanol–water partition coefficient (Wildman–Crippen LogP) is 3.55. The molecule has 1 saturated heterocycles. The summed E-state index contributed by atoms with van der Waals surface area (Å²) >= 11 is 0. The Balaban J connectivity index is 1.80. The summed E-state index contributed by atoms with van der Waals surface area (Å²) in [4.78, 5) is 2.69. The Hall–Kier alpha value is -0.0800. The molecule has 0 aromatic carbocycles. The first-order chi connectivity index (χ1) is 8.79. The number of nitrogens with zero attached hydrogens (tertiary/aromatic N) is 1. The molecule has 2 fully saturated rings. The summed E-state index contributed by atoms with van der Waals surface area (Å²) in [5.74, 6) is 0. The molecule has 1 heterocycles. The molecule has 1 saturated carbocycles. The Morgan fingerprint density at radius 3 is 2.28 bits per heavy atom. The van der Waals surface area contributed by atoms with Crippen LogP contribution in [-0.2, 0) is 0 Å². The smallest absolute Gasteiger partial charge is 0.0218 e. The molecule has 0 amide bonds. The summed E-state index contributed by atoms with van der Waals surface area (Å²) in [6.07, 6.45) is 14.3. The van der Waals surface area contributed by atoms with Crippen molar-refractivity contribution in [1.29, 1.82) is 0 Å². The minimum Gasteiger partial charge on any atom is -0.329 e. The first-order valence-corrected chi connectivity index (χ1v) is 8.24. The number of hydrogen-bond acceptors (Lipinski definition) is 2.